The molecule has 3 aromatic heterocycles. The Kier molecular flexibility index (Phi) is 9.93. The van der Waals surface area contributed by atoms with Crippen molar-refractivity contribution in [3.63, 3.8) is 0 Å². The molecule has 38 heavy (non-hydrogen) atoms. The van der Waals surface area contributed by atoms with Crippen LogP contribution in [0.2, 0.25) is 0 Å². The maximum atomic E-state index is 12.7. The molecule has 0 fully saturated rings. The summed E-state index contributed by atoms with van der Waals surface area (Å²) in [5.41, 5.74) is 2.20. The summed E-state index contributed by atoms with van der Waals surface area (Å²) in [7, 11) is 3.34. The number of methoxy groups -OCH3 is 2. The van der Waals surface area contributed by atoms with Crippen molar-refractivity contribution in [1.29, 1.82) is 0 Å². The summed E-state index contributed by atoms with van der Waals surface area (Å²) < 4.78 is 16.9. The monoisotopic (exact) mass is 556 g/mol. The first-order valence-electron chi connectivity index (χ1n) is 12.4. The van der Waals surface area contributed by atoms with Gasteiger partial charge in [0.2, 0.25) is 0 Å². The number of benzene rings is 1. The zero-order chi connectivity index (χ0) is 26.9. The van der Waals surface area contributed by atoms with Crippen LogP contribution in [0.5, 0.6) is 0 Å². The minimum Gasteiger partial charge on any atom is -0.461 e. The maximum absolute atomic E-state index is 12.7. The third kappa shape index (κ3) is 6.81. The summed E-state index contributed by atoms with van der Waals surface area (Å²) in [6.45, 7) is 5.82. The Morgan fingerprint density at radius 2 is 1.84 bits per heavy atom. The highest BCUT2D eigenvalue weighted by atomic mass is 32.1. The molecule has 10 nitrogen and oxygen atoms in total. The molecule has 3 heterocycles. The lowest BCUT2D eigenvalue weighted by Gasteiger charge is -2.21. The molecule has 0 aliphatic heterocycles. The molecule has 0 atom stereocenters. The van der Waals surface area contributed by atoms with E-state index in [9.17, 15) is 4.79 Å². The number of carbonyl (C=O) groups excluding carboxylic acids is 1. The van der Waals surface area contributed by atoms with E-state index in [1.54, 1.807) is 32.5 Å². The van der Waals surface area contributed by atoms with Crippen molar-refractivity contribution in [2.24, 2.45) is 0 Å². The fraction of sp³-hybridized carbons (Fsp3) is 0.423. The first kappa shape index (κ1) is 27.8. The van der Waals surface area contributed by atoms with Crippen LogP contribution < -0.4 is 10.2 Å². The van der Waals surface area contributed by atoms with Crippen molar-refractivity contribution < 1.29 is 19.0 Å². The van der Waals surface area contributed by atoms with Crippen molar-refractivity contribution in [3.8, 4) is 0 Å². The van der Waals surface area contributed by atoms with Crippen LogP contribution in [0.4, 0.5) is 21.9 Å². The zero-order valence-electron chi connectivity index (χ0n) is 22.0. The number of nitrogens with zero attached hydrogens (tertiary/aromatic N) is 5. The van der Waals surface area contributed by atoms with E-state index in [4.69, 9.17) is 19.2 Å². The predicted molar refractivity (Wildman–Crippen MR) is 151 cm³/mol. The Labute approximate surface area is 230 Å². The number of hydrogen-bond donors (Lipinski definition) is 1. The molecule has 4 rings (SSSR count). The van der Waals surface area contributed by atoms with Crippen LogP contribution in [-0.4, -0.2) is 66.7 Å². The number of aromatic nitrogens is 4. The SMILES string of the molecule is CCOC(=O)c1nc(N(CCCOC)c2cc(C)c(Nc3nc4ccccc4s3)nn2)sc1CCCOC. The molecule has 0 aliphatic carbocycles. The van der Waals surface area contributed by atoms with Gasteiger partial charge < -0.3 is 24.4 Å². The molecule has 0 aliphatic rings. The number of fused-ring (bicyclic) bond motifs is 1. The van der Waals surface area contributed by atoms with E-state index in [0.717, 1.165) is 38.6 Å². The Morgan fingerprint density at radius 3 is 2.58 bits per heavy atom. The summed E-state index contributed by atoms with van der Waals surface area (Å²) >= 11 is 3.03. The molecule has 0 spiro atoms. The summed E-state index contributed by atoms with van der Waals surface area (Å²) in [4.78, 5) is 24.9. The lowest BCUT2D eigenvalue weighted by atomic mass is 10.2. The second kappa shape index (κ2) is 13.6. The van der Waals surface area contributed by atoms with Crippen LogP contribution in [-0.2, 0) is 20.6 Å². The van der Waals surface area contributed by atoms with E-state index < -0.39 is 5.97 Å². The van der Waals surface area contributed by atoms with Crippen LogP contribution in [0, 0.1) is 6.92 Å². The lowest BCUT2D eigenvalue weighted by Crippen LogP contribution is -2.22. The lowest BCUT2D eigenvalue weighted by molar-refractivity contribution is 0.0519. The molecule has 1 aromatic carbocycles. The highest BCUT2D eigenvalue weighted by Crippen LogP contribution is 2.34. The number of para-hydroxylation sites is 1. The van der Waals surface area contributed by atoms with Crippen LogP contribution in [0.15, 0.2) is 30.3 Å². The number of anilines is 4. The van der Waals surface area contributed by atoms with E-state index in [1.165, 1.54) is 11.3 Å². The average Bonchev–Trinajstić information content (AvgIpc) is 3.52. The van der Waals surface area contributed by atoms with Gasteiger partial charge >= 0.3 is 5.97 Å². The van der Waals surface area contributed by atoms with Gasteiger partial charge in [-0.05, 0) is 56.9 Å². The fourth-order valence-electron chi connectivity index (χ4n) is 3.79. The molecule has 202 valence electrons. The first-order chi connectivity index (χ1) is 18.5. The summed E-state index contributed by atoms with van der Waals surface area (Å²) in [6.07, 6.45) is 2.19. The van der Waals surface area contributed by atoms with Crippen LogP contribution in [0.25, 0.3) is 10.2 Å². The van der Waals surface area contributed by atoms with Crippen LogP contribution >= 0.6 is 22.7 Å². The number of thiazole rings is 2. The summed E-state index contributed by atoms with van der Waals surface area (Å²) in [5, 5.41) is 13.7. The quantitative estimate of drug-likeness (QED) is 0.157. The zero-order valence-corrected chi connectivity index (χ0v) is 23.7. The van der Waals surface area contributed by atoms with Gasteiger partial charge in [0, 0.05) is 38.9 Å². The Balaban J connectivity index is 1.62. The number of carbonyl (C=O) groups is 1. The van der Waals surface area contributed by atoms with Gasteiger partial charge in [0.25, 0.3) is 0 Å². The highest BCUT2D eigenvalue weighted by molar-refractivity contribution is 7.22. The molecule has 0 saturated heterocycles. The molecular weight excluding hydrogens is 524 g/mol. The number of aryl methyl sites for hydroxylation is 2. The molecule has 0 radical (unpaired) electrons. The Hall–Kier alpha value is -3.19. The third-order valence-corrected chi connectivity index (χ3v) is 7.73. The van der Waals surface area contributed by atoms with Crippen molar-refractivity contribution in [1.82, 2.24) is 20.2 Å². The molecule has 0 bridgehead atoms. The van der Waals surface area contributed by atoms with Gasteiger partial charge in [0.05, 0.1) is 16.8 Å². The van der Waals surface area contributed by atoms with E-state index in [-0.39, 0.29) is 6.61 Å². The second-order valence-electron chi connectivity index (χ2n) is 8.43. The molecule has 4 aromatic rings. The largest absolute Gasteiger partial charge is 0.461 e. The van der Waals surface area contributed by atoms with Gasteiger partial charge in [-0.2, -0.15) is 0 Å². The van der Waals surface area contributed by atoms with Crippen LogP contribution in [0.1, 0.15) is 40.7 Å². The fourth-order valence-corrected chi connectivity index (χ4v) is 5.78. The smallest absolute Gasteiger partial charge is 0.358 e. The third-order valence-electron chi connectivity index (χ3n) is 5.64. The first-order valence-corrected chi connectivity index (χ1v) is 14.1. The Bertz CT molecular complexity index is 1330. The van der Waals surface area contributed by atoms with E-state index >= 15 is 0 Å². The van der Waals surface area contributed by atoms with E-state index in [2.05, 4.69) is 20.5 Å². The maximum Gasteiger partial charge on any atom is 0.358 e. The number of rotatable bonds is 14. The predicted octanol–water partition coefficient (Wildman–Crippen LogP) is 5.53. The number of nitrogens with one attached hydrogen (secondary N) is 1. The summed E-state index contributed by atoms with van der Waals surface area (Å²) in [5.74, 6) is 0.856. The van der Waals surface area contributed by atoms with Gasteiger partial charge in [-0.3, -0.25) is 0 Å². The highest BCUT2D eigenvalue weighted by Gasteiger charge is 2.24. The Morgan fingerprint density at radius 1 is 1.05 bits per heavy atom. The number of hydrogen-bond acceptors (Lipinski definition) is 12. The standard InChI is InChI=1S/C26H32N6O4S2/c1-5-36-24(33)22-20(12-8-14-34-3)38-26(28-22)32(13-9-15-35-4)21-16-17(2)23(31-30-21)29-25-27-18-10-6-7-11-19(18)37-25/h6-7,10-11,16H,5,8-9,12-15H2,1-4H3,(H,27,29,31). The number of ether oxygens (including phenoxy) is 3. The normalized spacial score (nSPS) is 11.2. The molecular formula is C26H32N6O4S2. The van der Waals surface area contributed by atoms with Gasteiger partial charge in [0.1, 0.15) is 0 Å². The number of esters is 1. The molecule has 1 N–H and O–H groups in total. The van der Waals surface area contributed by atoms with Crippen molar-refractivity contribution >= 4 is 60.8 Å². The molecule has 0 amide bonds. The van der Waals surface area contributed by atoms with Crippen molar-refractivity contribution in [2.45, 2.75) is 33.1 Å². The van der Waals surface area contributed by atoms with Gasteiger partial charge in [-0.1, -0.05) is 23.5 Å². The van der Waals surface area contributed by atoms with E-state index in [0.29, 0.717) is 48.6 Å². The molecule has 12 heteroatoms. The van der Waals surface area contributed by atoms with Gasteiger partial charge in [0.15, 0.2) is 27.6 Å². The van der Waals surface area contributed by atoms with Crippen molar-refractivity contribution in [3.05, 3.63) is 46.5 Å². The van der Waals surface area contributed by atoms with Gasteiger partial charge in [-0.25, -0.2) is 14.8 Å². The van der Waals surface area contributed by atoms with Crippen molar-refractivity contribution in [2.75, 3.05) is 50.8 Å². The van der Waals surface area contributed by atoms with Gasteiger partial charge in [-0.15, -0.1) is 21.5 Å². The summed E-state index contributed by atoms with van der Waals surface area (Å²) in [6, 6.07) is 9.96. The van der Waals surface area contributed by atoms with E-state index in [1.807, 2.05) is 42.2 Å². The van der Waals surface area contributed by atoms with Crippen LogP contribution in [0.3, 0.4) is 0 Å². The molecule has 0 saturated carbocycles. The second-order valence-corrected chi connectivity index (χ2v) is 10.5. The molecule has 0 unspecified atom stereocenters. The average molecular weight is 557 g/mol. The topological polar surface area (TPSA) is 112 Å². The minimum absolute atomic E-state index is 0.286. The minimum atomic E-state index is -0.420.